The average molecular weight is 598 g/mol. The summed E-state index contributed by atoms with van der Waals surface area (Å²) in [4.78, 5) is 49.2. The molecule has 2 unspecified atom stereocenters. The molecule has 0 bridgehead atoms. The summed E-state index contributed by atoms with van der Waals surface area (Å²) in [5, 5.41) is 0. The third-order valence-electron chi connectivity index (χ3n) is 6.56. The fourth-order valence-corrected chi connectivity index (χ4v) is 2.82. The van der Waals surface area contributed by atoms with E-state index in [2.05, 4.69) is 0 Å². The standard InChI is InChI=1S/C30H47NO11/c1-11-30(9,10)42-27(33)36-16-19(6)37-26(32)23(31)14-22-12-13-24(40-28(34)38-20(7)17(2)3)25(15-22)41-29(35)39-21(8)18(4)5/h12-13,15,17-21,23H,11,14,16,31H2,1-10H3/t19?,20-,21?,23-/m0/s1. The molecule has 12 heteroatoms. The van der Waals surface area contributed by atoms with Gasteiger partial charge in [-0.2, -0.15) is 0 Å². The van der Waals surface area contributed by atoms with Crippen LogP contribution >= 0.6 is 0 Å². The van der Waals surface area contributed by atoms with Gasteiger partial charge in [-0.05, 0) is 77.0 Å². The lowest BCUT2D eigenvalue weighted by atomic mass is 10.1. The quantitative estimate of drug-likeness (QED) is 0.153. The van der Waals surface area contributed by atoms with Crippen molar-refractivity contribution in [3.8, 4) is 11.5 Å². The van der Waals surface area contributed by atoms with Gasteiger partial charge in [0.2, 0.25) is 0 Å². The molecule has 0 spiro atoms. The molecule has 0 aliphatic rings. The number of rotatable bonds is 14. The molecule has 1 aromatic rings. The Balaban J connectivity index is 2.93. The topological polar surface area (TPSA) is 159 Å². The highest BCUT2D eigenvalue weighted by atomic mass is 16.8. The zero-order valence-electron chi connectivity index (χ0n) is 26.4. The molecule has 0 radical (unpaired) electrons. The molecule has 0 aliphatic heterocycles. The fraction of sp³-hybridized carbons (Fsp3) is 0.667. The number of nitrogens with two attached hydrogens (primary N) is 1. The smallest absolute Gasteiger partial charge is 0.458 e. The van der Waals surface area contributed by atoms with Crippen LogP contribution in [0.2, 0.25) is 0 Å². The van der Waals surface area contributed by atoms with Crippen LogP contribution in [0.1, 0.15) is 81.2 Å². The van der Waals surface area contributed by atoms with Crippen LogP contribution in [0.5, 0.6) is 11.5 Å². The Morgan fingerprint density at radius 3 is 1.81 bits per heavy atom. The highest BCUT2D eigenvalue weighted by Crippen LogP contribution is 2.30. The van der Waals surface area contributed by atoms with Gasteiger partial charge in [0, 0.05) is 0 Å². The van der Waals surface area contributed by atoms with Crippen molar-refractivity contribution >= 4 is 24.4 Å². The van der Waals surface area contributed by atoms with Crippen LogP contribution < -0.4 is 15.2 Å². The minimum absolute atomic E-state index is 0.0118. The Kier molecular flexibility index (Phi) is 14.6. The predicted molar refractivity (Wildman–Crippen MR) is 153 cm³/mol. The number of carbonyl (C=O) groups is 4. The van der Waals surface area contributed by atoms with Gasteiger partial charge in [-0.15, -0.1) is 0 Å². The summed E-state index contributed by atoms with van der Waals surface area (Å²) in [5.74, 6) is -0.863. The van der Waals surface area contributed by atoms with Crippen LogP contribution in [0.15, 0.2) is 18.2 Å². The van der Waals surface area contributed by atoms with E-state index < -0.39 is 54.4 Å². The van der Waals surface area contributed by atoms with Crippen molar-refractivity contribution < 1.29 is 52.3 Å². The third-order valence-corrected chi connectivity index (χ3v) is 6.56. The van der Waals surface area contributed by atoms with Crippen LogP contribution in [0.3, 0.4) is 0 Å². The van der Waals surface area contributed by atoms with E-state index in [-0.39, 0.29) is 36.4 Å². The van der Waals surface area contributed by atoms with Crippen LogP contribution in [-0.4, -0.2) is 61.0 Å². The molecule has 0 aromatic heterocycles. The lowest BCUT2D eigenvalue weighted by Crippen LogP contribution is -2.37. The first-order valence-electron chi connectivity index (χ1n) is 14.2. The second kappa shape index (κ2) is 16.8. The fourth-order valence-electron chi connectivity index (χ4n) is 2.82. The summed E-state index contributed by atoms with van der Waals surface area (Å²) < 4.78 is 36.7. The van der Waals surface area contributed by atoms with Crippen molar-refractivity contribution in [3.05, 3.63) is 23.8 Å². The Bertz CT molecular complexity index is 1050. The summed E-state index contributed by atoms with van der Waals surface area (Å²) in [7, 11) is 0. The van der Waals surface area contributed by atoms with Crippen LogP contribution in [0.4, 0.5) is 14.4 Å². The van der Waals surface area contributed by atoms with E-state index in [0.717, 1.165) is 0 Å². The minimum Gasteiger partial charge on any atom is -0.458 e. The van der Waals surface area contributed by atoms with E-state index in [1.807, 2.05) is 34.6 Å². The van der Waals surface area contributed by atoms with Gasteiger partial charge in [0.15, 0.2) is 11.5 Å². The second-order valence-corrected chi connectivity index (χ2v) is 11.5. The molecule has 4 atom stereocenters. The maximum atomic E-state index is 12.6. The molecular formula is C30H47NO11. The molecule has 1 rings (SSSR count). The van der Waals surface area contributed by atoms with Gasteiger partial charge in [-0.1, -0.05) is 40.7 Å². The maximum Gasteiger partial charge on any atom is 0.514 e. The van der Waals surface area contributed by atoms with E-state index in [1.54, 1.807) is 40.7 Å². The van der Waals surface area contributed by atoms with E-state index in [4.69, 9.17) is 38.9 Å². The molecule has 0 saturated carbocycles. The molecule has 0 heterocycles. The lowest BCUT2D eigenvalue weighted by molar-refractivity contribution is -0.152. The summed E-state index contributed by atoms with van der Waals surface area (Å²) in [6.45, 7) is 17.7. The number of ether oxygens (including phenoxy) is 7. The van der Waals surface area contributed by atoms with Gasteiger partial charge in [-0.3, -0.25) is 4.79 Å². The first-order valence-corrected chi connectivity index (χ1v) is 14.2. The van der Waals surface area contributed by atoms with E-state index in [1.165, 1.54) is 12.1 Å². The van der Waals surface area contributed by atoms with Crippen LogP contribution in [0, 0.1) is 11.8 Å². The Morgan fingerprint density at radius 1 is 0.786 bits per heavy atom. The molecule has 2 N–H and O–H groups in total. The lowest BCUT2D eigenvalue weighted by Gasteiger charge is -2.23. The molecule has 0 fully saturated rings. The largest absolute Gasteiger partial charge is 0.514 e. The zero-order valence-corrected chi connectivity index (χ0v) is 26.4. The second-order valence-electron chi connectivity index (χ2n) is 11.5. The Morgan fingerprint density at radius 2 is 1.31 bits per heavy atom. The summed E-state index contributed by atoms with van der Waals surface area (Å²) in [6.07, 6.45) is -3.89. The van der Waals surface area contributed by atoms with Gasteiger partial charge >= 0.3 is 24.4 Å². The summed E-state index contributed by atoms with van der Waals surface area (Å²) in [5.41, 5.74) is 5.86. The monoisotopic (exact) mass is 597 g/mol. The number of esters is 1. The van der Waals surface area contributed by atoms with Gasteiger partial charge in [0.1, 0.15) is 36.6 Å². The van der Waals surface area contributed by atoms with Crippen molar-refractivity contribution in [2.24, 2.45) is 17.6 Å². The van der Waals surface area contributed by atoms with E-state index in [0.29, 0.717) is 12.0 Å². The van der Waals surface area contributed by atoms with Gasteiger partial charge in [0.25, 0.3) is 0 Å². The molecule has 238 valence electrons. The Hall–Kier alpha value is -3.54. The third kappa shape index (κ3) is 13.4. The molecule has 0 aliphatic carbocycles. The van der Waals surface area contributed by atoms with Crippen molar-refractivity contribution in [2.75, 3.05) is 6.61 Å². The highest BCUT2D eigenvalue weighted by molar-refractivity contribution is 5.76. The average Bonchev–Trinajstić information content (AvgIpc) is 2.88. The molecule has 0 saturated heterocycles. The van der Waals surface area contributed by atoms with Gasteiger partial charge < -0.3 is 38.9 Å². The van der Waals surface area contributed by atoms with E-state index >= 15 is 0 Å². The van der Waals surface area contributed by atoms with Gasteiger partial charge in [-0.25, -0.2) is 14.4 Å². The first-order chi connectivity index (χ1) is 19.4. The van der Waals surface area contributed by atoms with Crippen molar-refractivity contribution in [2.45, 2.75) is 112 Å². The minimum atomic E-state index is -1.11. The molecular weight excluding hydrogens is 550 g/mol. The predicted octanol–water partition coefficient (Wildman–Crippen LogP) is 5.95. The molecule has 1 aromatic carbocycles. The number of benzene rings is 1. The summed E-state index contributed by atoms with van der Waals surface area (Å²) in [6, 6.07) is 3.24. The number of hydrogen-bond donors (Lipinski definition) is 1. The Labute approximate surface area is 248 Å². The molecule has 0 amide bonds. The maximum absolute atomic E-state index is 12.6. The van der Waals surface area contributed by atoms with Crippen molar-refractivity contribution in [1.29, 1.82) is 0 Å². The van der Waals surface area contributed by atoms with Crippen LogP contribution in [-0.2, 0) is 34.9 Å². The van der Waals surface area contributed by atoms with Gasteiger partial charge in [0.05, 0.1) is 0 Å². The number of hydrogen-bond acceptors (Lipinski definition) is 12. The SMILES string of the molecule is CCC(C)(C)OC(=O)OCC(C)OC(=O)[C@@H](N)Cc1ccc(OC(=O)O[C@@H](C)C(C)C)c(OC(=O)OC(C)C(C)C)c1. The van der Waals surface area contributed by atoms with Crippen molar-refractivity contribution in [3.63, 3.8) is 0 Å². The van der Waals surface area contributed by atoms with Crippen molar-refractivity contribution in [1.82, 2.24) is 0 Å². The highest BCUT2D eigenvalue weighted by Gasteiger charge is 2.25. The molecule has 42 heavy (non-hydrogen) atoms. The van der Waals surface area contributed by atoms with Crippen LogP contribution in [0.25, 0.3) is 0 Å². The normalized spacial score (nSPS) is 14.3. The van der Waals surface area contributed by atoms with E-state index in [9.17, 15) is 19.2 Å². The zero-order chi connectivity index (χ0) is 32.2. The number of carbonyl (C=O) groups excluding carboxylic acids is 4. The first kappa shape index (κ1) is 36.5. The summed E-state index contributed by atoms with van der Waals surface area (Å²) >= 11 is 0. The molecule has 12 nitrogen and oxygen atoms in total.